The van der Waals surface area contributed by atoms with Crippen LogP contribution in [0.3, 0.4) is 0 Å². The molecule has 7 heteroatoms. The number of carbonyl (C=O) groups is 1. The molecule has 3 rings (SSSR count). The Morgan fingerprint density at radius 2 is 1.96 bits per heavy atom. The van der Waals surface area contributed by atoms with E-state index in [1.807, 2.05) is 24.3 Å². The van der Waals surface area contributed by atoms with E-state index >= 15 is 0 Å². The van der Waals surface area contributed by atoms with Crippen LogP contribution in [0.5, 0.6) is 11.5 Å². The predicted molar refractivity (Wildman–Crippen MR) is 98.4 cm³/mol. The van der Waals surface area contributed by atoms with Crippen LogP contribution in [0.4, 0.5) is 5.69 Å². The summed E-state index contributed by atoms with van der Waals surface area (Å²) in [6.07, 6.45) is 1.51. The van der Waals surface area contributed by atoms with Crippen molar-refractivity contribution in [3.63, 3.8) is 0 Å². The standard InChI is InChI=1S/C18H17N3O3S/c1-23-12-7-8-15(16(9-12)24-2)21-17(22)10-25-18-13-5-3-4-6-14(13)19-11-20-18/h3-9,11H,10H2,1-2H3,(H,21,22). The predicted octanol–water partition coefficient (Wildman–Crippen LogP) is 3.38. The van der Waals surface area contributed by atoms with Gasteiger partial charge in [0.1, 0.15) is 22.9 Å². The van der Waals surface area contributed by atoms with Crippen molar-refractivity contribution in [1.29, 1.82) is 0 Å². The molecule has 0 fully saturated rings. The molecular formula is C18H17N3O3S. The second-order valence-electron chi connectivity index (χ2n) is 5.10. The highest BCUT2D eigenvalue weighted by Crippen LogP contribution is 2.29. The second kappa shape index (κ2) is 7.85. The number of aromatic nitrogens is 2. The summed E-state index contributed by atoms with van der Waals surface area (Å²) in [5, 5.41) is 4.56. The van der Waals surface area contributed by atoms with Gasteiger partial charge in [0, 0.05) is 11.5 Å². The van der Waals surface area contributed by atoms with Gasteiger partial charge in [0.25, 0.3) is 0 Å². The lowest BCUT2D eigenvalue weighted by Gasteiger charge is -2.11. The van der Waals surface area contributed by atoms with E-state index in [0.717, 1.165) is 15.9 Å². The summed E-state index contributed by atoms with van der Waals surface area (Å²) in [7, 11) is 3.13. The first-order valence-corrected chi connectivity index (χ1v) is 8.54. The average molecular weight is 355 g/mol. The zero-order chi connectivity index (χ0) is 17.6. The summed E-state index contributed by atoms with van der Waals surface area (Å²) in [5.41, 5.74) is 1.46. The normalized spacial score (nSPS) is 10.5. The number of anilines is 1. The summed E-state index contributed by atoms with van der Waals surface area (Å²) in [6.45, 7) is 0. The van der Waals surface area contributed by atoms with Crippen LogP contribution in [0, 0.1) is 0 Å². The maximum atomic E-state index is 12.3. The van der Waals surface area contributed by atoms with Crippen molar-refractivity contribution in [2.75, 3.05) is 25.3 Å². The highest BCUT2D eigenvalue weighted by molar-refractivity contribution is 8.00. The van der Waals surface area contributed by atoms with Crippen molar-refractivity contribution in [1.82, 2.24) is 9.97 Å². The third kappa shape index (κ3) is 4.00. The van der Waals surface area contributed by atoms with Crippen molar-refractivity contribution in [2.45, 2.75) is 5.03 Å². The molecule has 128 valence electrons. The number of methoxy groups -OCH3 is 2. The number of nitrogens with one attached hydrogen (secondary N) is 1. The van der Waals surface area contributed by atoms with E-state index in [2.05, 4.69) is 15.3 Å². The van der Waals surface area contributed by atoms with E-state index in [0.29, 0.717) is 17.2 Å². The van der Waals surface area contributed by atoms with E-state index < -0.39 is 0 Å². The quantitative estimate of drug-likeness (QED) is 0.540. The van der Waals surface area contributed by atoms with Crippen LogP contribution in [-0.4, -0.2) is 35.8 Å². The Labute approximate surface area is 149 Å². The number of hydrogen-bond acceptors (Lipinski definition) is 6. The molecule has 1 amide bonds. The van der Waals surface area contributed by atoms with Gasteiger partial charge in [-0.2, -0.15) is 0 Å². The topological polar surface area (TPSA) is 73.3 Å². The van der Waals surface area contributed by atoms with Crippen molar-refractivity contribution in [3.05, 3.63) is 48.8 Å². The Kier molecular flexibility index (Phi) is 5.35. The average Bonchev–Trinajstić information content (AvgIpc) is 2.66. The Morgan fingerprint density at radius 1 is 1.12 bits per heavy atom. The lowest BCUT2D eigenvalue weighted by atomic mass is 10.2. The summed E-state index contributed by atoms with van der Waals surface area (Å²) in [4.78, 5) is 20.8. The van der Waals surface area contributed by atoms with Gasteiger partial charge in [0.05, 0.1) is 31.2 Å². The molecule has 1 N–H and O–H groups in total. The largest absolute Gasteiger partial charge is 0.497 e. The monoisotopic (exact) mass is 355 g/mol. The number of carbonyl (C=O) groups excluding carboxylic acids is 1. The van der Waals surface area contributed by atoms with Gasteiger partial charge in [0.15, 0.2) is 0 Å². The van der Waals surface area contributed by atoms with Gasteiger partial charge in [-0.3, -0.25) is 4.79 Å². The Balaban J connectivity index is 1.69. The number of rotatable bonds is 6. The maximum Gasteiger partial charge on any atom is 0.234 e. The zero-order valence-electron chi connectivity index (χ0n) is 13.9. The summed E-state index contributed by atoms with van der Waals surface area (Å²) in [5.74, 6) is 1.30. The molecule has 0 aliphatic heterocycles. The van der Waals surface area contributed by atoms with Crippen LogP contribution in [-0.2, 0) is 4.79 Å². The minimum Gasteiger partial charge on any atom is -0.497 e. The fourth-order valence-corrected chi connectivity index (χ4v) is 3.11. The first-order chi connectivity index (χ1) is 12.2. The highest BCUT2D eigenvalue weighted by atomic mass is 32.2. The fraction of sp³-hybridized carbons (Fsp3) is 0.167. The minimum atomic E-state index is -0.142. The molecule has 0 radical (unpaired) electrons. The van der Waals surface area contributed by atoms with Crippen LogP contribution in [0.25, 0.3) is 10.9 Å². The molecule has 0 bridgehead atoms. The molecule has 0 atom stereocenters. The lowest BCUT2D eigenvalue weighted by Crippen LogP contribution is -2.14. The highest BCUT2D eigenvalue weighted by Gasteiger charge is 2.11. The van der Waals surface area contributed by atoms with Gasteiger partial charge >= 0.3 is 0 Å². The maximum absolute atomic E-state index is 12.3. The summed E-state index contributed by atoms with van der Waals surface area (Å²) in [6, 6.07) is 13.0. The van der Waals surface area contributed by atoms with Crippen molar-refractivity contribution in [3.8, 4) is 11.5 Å². The molecule has 0 saturated carbocycles. The van der Waals surface area contributed by atoms with E-state index in [9.17, 15) is 4.79 Å². The first kappa shape index (κ1) is 17.0. The van der Waals surface area contributed by atoms with E-state index in [1.54, 1.807) is 32.4 Å². The molecule has 0 spiro atoms. The van der Waals surface area contributed by atoms with E-state index in [1.165, 1.54) is 18.1 Å². The fourth-order valence-electron chi connectivity index (χ4n) is 2.32. The second-order valence-corrected chi connectivity index (χ2v) is 6.06. The molecule has 1 heterocycles. The Bertz CT molecular complexity index is 896. The lowest BCUT2D eigenvalue weighted by molar-refractivity contribution is -0.113. The van der Waals surface area contributed by atoms with Crippen LogP contribution in [0.15, 0.2) is 53.8 Å². The number of benzene rings is 2. The molecular weight excluding hydrogens is 338 g/mol. The molecule has 1 aromatic heterocycles. The molecule has 0 unspecified atom stereocenters. The van der Waals surface area contributed by atoms with Crippen LogP contribution < -0.4 is 14.8 Å². The van der Waals surface area contributed by atoms with E-state index in [-0.39, 0.29) is 11.7 Å². The van der Waals surface area contributed by atoms with Gasteiger partial charge < -0.3 is 14.8 Å². The van der Waals surface area contributed by atoms with Gasteiger partial charge in [-0.25, -0.2) is 9.97 Å². The number of ether oxygens (including phenoxy) is 2. The summed E-state index contributed by atoms with van der Waals surface area (Å²) < 4.78 is 10.4. The number of para-hydroxylation sites is 1. The molecule has 6 nitrogen and oxygen atoms in total. The molecule has 0 saturated heterocycles. The first-order valence-electron chi connectivity index (χ1n) is 7.55. The molecule has 3 aromatic rings. The van der Waals surface area contributed by atoms with Gasteiger partial charge in [-0.15, -0.1) is 0 Å². The number of amides is 1. The number of nitrogens with zero attached hydrogens (tertiary/aromatic N) is 2. The molecule has 0 aliphatic rings. The Morgan fingerprint density at radius 3 is 2.76 bits per heavy atom. The number of fused-ring (bicyclic) bond motifs is 1. The Hall–Kier alpha value is -2.80. The van der Waals surface area contributed by atoms with Crippen molar-refractivity contribution >= 4 is 34.3 Å². The van der Waals surface area contributed by atoms with Gasteiger partial charge in [-0.1, -0.05) is 30.0 Å². The third-order valence-corrected chi connectivity index (χ3v) is 4.53. The number of hydrogen-bond donors (Lipinski definition) is 1. The van der Waals surface area contributed by atoms with Crippen LogP contribution >= 0.6 is 11.8 Å². The smallest absolute Gasteiger partial charge is 0.234 e. The van der Waals surface area contributed by atoms with Crippen LogP contribution in [0.1, 0.15) is 0 Å². The molecule has 0 aliphatic carbocycles. The SMILES string of the molecule is COc1ccc(NC(=O)CSc2ncnc3ccccc23)c(OC)c1. The van der Waals surface area contributed by atoms with Gasteiger partial charge in [0.2, 0.25) is 5.91 Å². The molecule has 2 aromatic carbocycles. The van der Waals surface area contributed by atoms with Crippen molar-refractivity contribution in [2.24, 2.45) is 0 Å². The summed E-state index contributed by atoms with van der Waals surface area (Å²) >= 11 is 1.37. The molecule has 25 heavy (non-hydrogen) atoms. The number of thioether (sulfide) groups is 1. The van der Waals surface area contributed by atoms with Crippen molar-refractivity contribution < 1.29 is 14.3 Å². The third-order valence-electron chi connectivity index (χ3n) is 3.53. The minimum absolute atomic E-state index is 0.142. The van der Waals surface area contributed by atoms with E-state index in [4.69, 9.17) is 9.47 Å². The zero-order valence-corrected chi connectivity index (χ0v) is 14.7. The van der Waals surface area contributed by atoms with Crippen LogP contribution in [0.2, 0.25) is 0 Å². The van der Waals surface area contributed by atoms with Gasteiger partial charge in [-0.05, 0) is 18.2 Å².